The fourth-order valence-corrected chi connectivity index (χ4v) is 5.94. The van der Waals surface area contributed by atoms with Crippen molar-refractivity contribution in [1.29, 1.82) is 0 Å². The lowest BCUT2D eigenvalue weighted by Crippen LogP contribution is -2.46. The molecule has 2 aromatic heterocycles. The topological polar surface area (TPSA) is 117 Å². The van der Waals surface area contributed by atoms with Gasteiger partial charge in [-0.05, 0) is 37.8 Å². The predicted molar refractivity (Wildman–Crippen MR) is 114 cm³/mol. The molecule has 2 unspecified atom stereocenters. The number of pyridine rings is 1. The van der Waals surface area contributed by atoms with E-state index in [1.54, 1.807) is 41.0 Å². The van der Waals surface area contributed by atoms with E-state index in [9.17, 15) is 18.6 Å². The van der Waals surface area contributed by atoms with Gasteiger partial charge in [0.2, 0.25) is 5.91 Å². The van der Waals surface area contributed by atoms with Gasteiger partial charge < -0.3 is 9.80 Å². The van der Waals surface area contributed by atoms with Gasteiger partial charge in [-0.15, -0.1) is 10.2 Å². The van der Waals surface area contributed by atoms with Crippen LogP contribution in [-0.2, 0) is 19.3 Å². The van der Waals surface area contributed by atoms with Crippen LogP contribution >= 0.6 is 0 Å². The van der Waals surface area contributed by atoms with E-state index in [1.807, 2.05) is 0 Å². The van der Waals surface area contributed by atoms with Crippen molar-refractivity contribution in [3.8, 4) is 0 Å². The Kier molecular flexibility index (Phi) is 5.78. The highest BCUT2D eigenvalue weighted by atomic mass is 32.2. The van der Waals surface area contributed by atoms with Crippen LogP contribution in [0.15, 0.2) is 29.0 Å². The molecule has 10 nitrogen and oxygen atoms in total. The van der Waals surface area contributed by atoms with Gasteiger partial charge in [-0.25, -0.2) is 4.21 Å². The Morgan fingerprint density at radius 3 is 2.68 bits per heavy atom. The number of likely N-dealkylation sites (tertiary alicyclic amines) is 2. The zero-order chi connectivity index (χ0) is 22.2. The third kappa shape index (κ3) is 4.32. The summed E-state index contributed by atoms with van der Waals surface area (Å²) in [6, 6.07) is 2.83. The molecule has 0 N–H and O–H groups in total. The number of carbonyl (C=O) groups excluding carboxylic acids is 3. The zero-order valence-electron chi connectivity index (χ0n) is 17.6. The summed E-state index contributed by atoms with van der Waals surface area (Å²) < 4.78 is 19.0. The number of likely N-dealkylation sites (N-methyl/N-ethyl adjacent to an activating group) is 1. The maximum absolute atomic E-state index is 13.2. The number of fused-ring (bicyclic) bond motifs is 1. The molecule has 2 aliphatic rings. The van der Waals surface area contributed by atoms with Gasteiger partial charge in [0.25, 0.3) is 11.8 Å². The van der Waals surface area contributed by atoms with E-state index in [0.29, 0.717) is 56.4 Å². The minimum absolute atomic E-state index is 0.0844. The maximum atomic E-state index is 13.2. The summed E-state index contributed by atoms with van der Waals surface area (Å²) in [4.78, 5) is 40.5. The molecule has 3 amide bonds. The molecule has 0 saturated carbocycles. The fourth-order valence-electron chi connectivity index (χ4n) is 4.23. The van der Waals surface area contributed by atoms with E-state index in [4.69, 9.17) is 0 Å². The lowest BCUT2D eigenvalue weighted by atomic mass is 10.0. The van der Waals surface area contributed by atoms with Crippen LogP contribution in [0.5, 0.6) is 0 Å². The van der Waals surface area contributed by atoms with Crippen LogP contribution in [0.2, 0.25) is 0 Å². The van der Waals surface area contributed by atoms with Crippen LogP contribution in [0.3, 0.4) is 0 Å². The van der Waals surface area contributed by atoms with Crippen molar-refractivity contribution >= 4 is 33.1 Å². The number of carbonyl (C=O) groups is 3. The largest absolute Gasteiger partial charge is 0.339 e. The lowest BCUT2D eigenvalue weighted by molar-refractivity contribution is -0.140. The molecule has 0 spiro atoms. The summed E-state index contributed by atoms with van der Waals surface area (Å²) >= 11 is 0. The molecule has 2 aromatic rings. The summed E-state index contributed by atoms with van der Waals surface area (Å²) in [5.74, 6) is -0.672. The number of nitrogens with zero attached hydrogens (tertiary/aromatic N) is 6. The number of hydrogen-bond donors (Lipinski definition) is 0. The number of piperidine rings is 2. The first-order chi connectivity index (χ1) is 14.8. The molecule has 0 bridgehead atoms. The molecular formula is C20H26N6O4S. The molecule has 0 aromatic carbocycles. The lowest BCUT2D eigenvalue weighted by Gasteiger charge is -2.33. The highest BCUT2D eigenvalue weighted by Crippen LogP contribution is 2.23. The highest BCUT2D eigenvalue weighted by molar-refractivity contribution is 7.93. The molecular weight excluding hydrogens is 420 g/mol. The summed E-state index contributed by atoms with van der Waals surface area (Å²) in [7, 11) is -1.18. The van der Waals surface area contributed by atoms with E-state index in [-0.39, 0.29) is 17.1 Å². The van der Waals surface area contributed by atoms with Crippen molar-refractivity contribution in [2.24, 2.45) is 4.36 Å². The average Bonchev–Trinajstić information content (AvgIpc) is 3.23. The van der Waals surface area contributed by atoms with Gasteiger partial charge in [0.1, 0.15) is 12.4 Å². The van der Waals surface area contributed by atoms with E-state index in [2.05, 4.69) is 14.6 Å². The number of amides is 3. The SMILES string of the molecule is CN1C(=O)CCCC1C(=O)N=S(C)(=O)C1CCN(C(=O)c2ccc3nncn3c2)CC1. The molecule has 2 fully saturated rings. The Morgan fingerprint density at radius 1 is 1.19 bits per heavy atom. The minimum atomic E-state index is -2.78. The van der Waals surface area contributed by atoms with Gasteiger partial charge in [0, 0.05) is 44.3 Å². The van der Waals surface area contributed by atoms with E-state index >= 15 is 0 Å². The molecule has 4 rings (SSSR count). The second-order valence-electron chi connectivity index (χ2n) is 8.21. The van der Waals surface area contributed by atoms with Crippen LogP contribution in [0.1, 0.15) is 42.5 Å². The normalized spacial score (nSPS) is 22.4. The van der Waals surface area contributed by atoms with Crippen LogP contribution in [-0.4, -0.2) is 84.0 Å². The first-order valence-electron chi connectivity index (χ1n) is 10.4. The Morgan fingerprint density at radius 2 is 1.94 bits per heavy atom. The van der Waals surface area contributed by atoms with Gasteiger partial charge in [0.05, 0.1) is 15.3 Å². The van der Waals surface area contributed by atoms with Gasteiger partial charge >= 0.3 is 0 Å². The number of hydrogen-bond acceptors (Lipinski definition) is 6. The third-order valence-corrected chi connectivity index (χ3v) is 8.42. The molecule has 2 saturated heterocycles. The minimum Gasteiger partial charge on any atom is -0.339 e. The van der Waals surface area contributed by atoms with E-state index in [0.717, 1.165) is 0 Å². The van der Waals surface area contributed by atoms with Crippen molar-refractivity contribution in [1.82, 2.24) is 24.4 Å². The number of rotatable bonds is 3. The van der Waals surface area contributed by atoms with Crippen molar-refractivity contribution in [2.75, 3.05) is 26.4 Å². The van der Waals surface area contributed by atoms with Crippen LogP contribution < -0.4 is 0 Å². The standard InChI is InChI=1S/C20H26N6O4S/c1-24-16(4-3-5-18(24)27)19(28)23-31(2,30)15-8-10-25(11-9-15)20(29)14-6-7-17-22-21-13-26(17)12-14/h6-7,12-13,15-16H,3-5,8-11H2,1-2H3. The summed E-state index contributed by atoms with van der Waals surface area (Å²) in [5.41, 5.74) is 1.20. The van der Waals surface area contributed by atoms with Gasteiger partial charge in [-0.2, -0.15) is 4.36 Å². The van der Waals surface area contributed by atoms with E-state index < -0.39 is 21.7 Å². The van der Waals surface area contributed by atoms with Crippen molar-refractivity contribution < 1.29 is 18.6 Å². The Bertz CT molecular complexity index is 1140. The maximum Gasteiger partial charge on any atom is 0.276 e. The zero-order valence-corrected chi connectivity index (χ0v) is 18.5. The summed E-state index contributed by atoms with van der Waals surface area (Å²) in [5, 5.41) is 7.47. The van der Waals surface area contributed by atoms with Gasteiger partial charge in [0.15, 0.2) is 5.65 Å². The van der Waals surface area contributed by atoms with Crippen LogP contribution in [0.25, 0.3) is 5.65 Å². The second-order valence-corrected chi connectivity index (χ2v) is 10.8. The molecule has 2 atom stereocenters. The Balaban J connectivity index is 1.41. The number of aromatic nitrogens is 3. The molecule has 11 heteroatoms. The molecule has 166 valence electrons. The first kappa shape index (κ1) is 21.4. The molecule has 0 radical (unpaired) electrons. The average molecular weight is 447 g/mol. The molecule has 31 heavy (non-hydrogen) atoms. The van der Waals surface area contributed by atoms with Crippen LogP contribution in [0, 0.1) is 0 Å². The molecule has 0 aliphatic carbocycles. The summed E-state index contributed by atoms with van der Waals surface area (Å²) in [6.45, 7) is 0.889. The highest BCUT2D eigenvalue weighted by Gasteiger charge is 2.33. The summed E-state index contributed by atoms with van der Waals surface area (Å²) in [6.07, 6.45) is 7.38. The quantitative estimate of drug-likeness (QED) is 0.693. The van der Waals surface area contributed by atoms with E-state index in [1.165, 1.54) is 11.2 Å². The predicted octanol–water partition coefficient (Wildman–Crippen LogP) is 0.969. The van der Waals surface area contributed by atoms with Crippen molar-refractivity contribution in [3.05, 3.63) is 30.2 Å². The van der Waals surface area contributed by atoms with Gasteiger partial charge in [-0.1, -0.05) is 0 Å². The Hall–Kier alpha value is -2.82. The smallest absolute Gasteiger partial charge is 0.276 e. The molecule has 2 aliphatic heterocycles. The Labute approximate surface area is 180 Å². The van der Waals surface area contributed by atoms with Gasteiger partial charge in [-0.3, -0.25) is 18.8 Å². The fraction of sp³-hybridized carbons (Fsp3) is 0.550. The molecule has 4 heterocycles. The van der Waals surface area contributed by atoms with Crippen molar-refractivity contribution in [2.45, 2.75) is 43.4 Å². The third-order valence-electron chi connectivity index (χ3n) is 6.17. The second kappa shape index (κ2) is 8.37. The monoisotopic (exact) mass is 446 g/mol. The van der Waals surface area contributed by atoms with Crippen LogP contribution in [0.4, 0.5) is 0 Å². The first-order valence-corrected chi connectivity index (χ1v) is 12.3. The van der Waals surface area contributed by atoms with Crippen molar-refractivity contribution in [3.63, 3.8) is 0 Å².